The van der Waals surface area contributed by atoms with Gasteiger partial charge >= 0.3 is 0 Å². The standard InChI is InChI=1S/C24H30N2O3S/c1-18-8-11-20(12-9-18)22-7-6-16-26(22)24(27)21-13-10-19(2)23(17-21)30(28,29)25-14-4-3-5-15-25/h8-13,17,22H,3-7,14-16H2,1-2H3. The molecule has 0 bridgehead atoms. The van der Waals surface area contributed by atoms with Crippen LogP contribution in [0.15, 0.2) is 47.4 Å². The van der Waals surface area contributed by atoms with Crippen molar-refractivity contribution < 1.29 is 13.2 Å². The largest absolute Gasteiger partial charge is 0.332 e. The predicted molar refractivity (Wildman–Crippen MR) is 118 cm³/mol. The lowest BCUT2D eigenvalue weighted by molar-refractivity contribution is 0.0735. The molecule has 2 aliphatic heterocycles. The SMILES string of the molecule is Cc1ccc(C2CCCN2C(=O)c2ccc(C)c(S(=O)(=O)N3CCCCC3)c2)cc1. The van der Waals surface area contributed by atoms with Gasteiger partial charge in [0.2, 0.25) is 10.0 Å². The fourth-order valence-electron chi connectivity index (χ4n) is 4.57. The molecule has 1 atom stereocenters. The first-order chi connectivity index (χ1) is 14.4. The molecule has 0 saturated carbocycles. The van der Waals surface area contributed by atoms with E-state index >= 15 is 0 Å². The quantitative estimate of drug-likeness (QED) is 0.725. The third-order valence-corrected chi connectivity index (χ3v) is 8.38. The molecule has 4 rings (SSSR count). The van der Waals surface area contributed by atoms with Gasteiger partial charge in [0.05, 0.1) is 10.9 Å². The Balaban J connectivity index is 1.63. The van der Waals surface area contributed by atoms with E-state index in [0.29, 0.717) is 30.8 Å². The number of hydrogen-bond donors (Lipinski definition) is 0. The molecule has 6 heteroatoms. The van der Waals surface area contributed by atoms with Gasteiger partial charge in [0, 0.05) is 25.2 Å². The summed E-state index contributed by atoms with van der Waals surface area (Å²) in [6, 6.07) is 13.5. The molecule has 2 saturated heterocycles. The summed E-state index contributed by atoms with van der Waals surface area (Å²) in [6.07, 6.45) is 4.74. The first-order valence-corrected chi connectivity index (χ1v) is 12.3. The Morgan fingerprint density at radius 2 is 1.60 bits per heavy atom. The molecule has 1 unspecified atom stereocenters. The van der Waals surface area contributed by atoms with Crippen molar-refractivity contribution in [2.45, 2.75) is 56.9 Å². The van der Waals surface area contributed by atoms with Crippen molar-refractivity contribution in [1.29, 1.82) is 0 Å². The van der Waals surface area contributed by atoms with Gasteiger partial charge in [-0.1, -0.05) is 42.3 Å². The Morgan fingerprint density at radius 3 is 2.30 bits per heavy atom. The summed E-state index contributed by atoms with van der Waals surface area (Å²) in [5.41, 5.74) is 3.48. The number of rotatable bonds is 4. The van der Waals surface area contributed by atoms with Gasteiger partial charge < -0.3 is 4.90 Å². The highest BCUT2D eigenvalue weighted by Gasteiger charge is 2.32. The van der Waals surface area contributed by atoms with Crippen LogP contribution in [0, 0.1) is 13.8 Å². The highest BCUT2D eigenvalue weighted by molar-refractivity contribution is 7.89. The molecule has 2 aliphatic rings. The summed E-state index contributed by atoms with van der Waals surface area (Å²) < 4.78 is 28.0. The maximum absolute atomic E-state index is 13.4. The van der Waals surface area contributed by atoms with E-state index in [1.165, 1.54) is 5.56 Å². The minimum Gasteiger partial charge on any atom is -0.332 e. The van der Waals surface area contributed by atoms with Crippen LogP contribution in [0.4, 0.5) is 0 Å². The van der Waals surface area contributed by atoms with E-state index < -0.39 is 10.0 Å². The second-order valence-corrected chi connectivity index (χ2v) is 10.4. The second kappa shape index (κ2) is 8.52. The van der Waals surface area contributed by atoms with Crippen LogP contribution in [0.1, 0.15) is 65.2 Å². The van der Waals surface area contributed by atoms with Crippen LogP contribution < -0.4 is 0 Å². The van der Waals surface area contributed by atoms with E-state index in [0.717, 1.165) is 37.7 Å². The van der Waals surface area contributed by atoms with Crippen molar-refractivity contribution in [1.82, 2.24) is 9.21 Å². The van der Waals surface area contributed by atoms with Crippen molar-refractivity contribution in [3.8, 4) is 0 Å². The van der Waals surface area contributed by atoms with Gasteiger partial charge in [0.1, 0.15) is 0 Å². The van der Waals surface area contributed by atoms with E-state index in [9.17, 15) is 13.2 Å². The van der Waals surface area contributed by atoms with E-state index in [4.69, 9.17) is 0 Å². The van der Waals surface area contributed by atoms with Crippen LogP contribution in [0.25, 0.3) is 0 Å². The van der Waals surface area contributed by atoms with Crippen molar-refractivity contribution in [3.63, 3.8) is 0 Å². The Labute approximate surface area is 179 Å². The van der Waals surface area contributed by atoms with Crippen LogP contribution in [0.3, 0.4) is 0 Å². The molecule has 0 aliphatic carbocycles. The molecule has 2 fully saturated rings. The fraction of sp³-hybridized carbons (Fsp3) is 0.458. The minimum atomic E-state index is -3.58. The lowest BCUT2D eigenvalue weighted by atomic mass is 10.0. The fourth-order valence-corrected chi connectivity index (χ4v) is 6.33. The van der Waals surface area contributed by atoms with Crippen LogP contribution >= 0.6 is 0 Å². The summed E-state index contributed by atoms with van der Waals surface area (Å²) in [7, 11) is -3.58. The predicted octanol–water partition coefficient (Wildman–Crippen LogP) is 4.46. The molecule has 0 radical (unpaired) electrons. The second-order valence-electron chi connectivity index (χ2n) is 8.51. The maximum atomic E-state index is 13.4. The zero-order valence-corrected chi connectivity index (χ0v) is 18.6. The van der Waals surface area contributed by atoms with Crippen molar-refractivity contribution in [2.24, 2.45) is 0 Å². The molecule has 2 aromatic rings. The van der Waals surface area contributed by atoms with Gasteiger partial charge in [-0.05, 0) is 62.8 Å². The molecular formula is C24H30N2O3S. The third-order valence-electron chi connectivity index (χ3n) is 6.34. The molecule has 2 heterocycles. The van der Waals surface area contributed by atoms with Gasteiger partial charge in [-0.15, -0.1) is 0 Å². The van der Waals surface area contributed by atoms with Crippen LogP contribution in [-0.2, 0) is 10.0 Å². The molecule has 160 valence electrons. The lowest BCUT2D eigenvalue weighted by Gasteiger charge is -2.28. The molecule has 0 aromatic heterocycles. The normalized spacial score (nSPS) is 20.5. The Kier molecular flexibility index (Phi) is 5.98. The van der Waals surface area contributed by atoms with Gasteiger partial charge in [-0.3, -0.25) is 4.79 Å². The van der Waals surface area contributed by atoms with Crippen molar-refractivity contribution in [2.75, 3.05) is 19.6 Å². The molecule has 30 heavy (non-hydrogen) atoms. The van der Waals surface area contributed by atoms with E-state index in [1.807, 2.05) is 4.90 Å². The molecule has 0 spiro atoms. The lowest BCUT2D eigenvalue weighted by Crippen LogP contribution is -2.36. The number of piperidine rings is 1. The average Bonchev–Trinajstić information content (AvgIpc) is 3.24. The highest BCUT2D eigenvalue weighted by Crippen LogP contribution is 2.34. The summed E-state index contributed by atoms with van der Waals surface area (Å²) in [4.78, 5) is 15.5. The monoisotopic (exact) mass is 426 g/mol. The van der Waals surface area contributed by atoms with Crippen molar-refractivity contribution in [3.05, 3.63) is 64.7 Å². The number of carbonyl (C=O) groups excluding carboxylic acids is 1. The number of amides is 1. The third kappa shape index (κ3) is 4.03. The average molecular weight is 427 g/mol. The summed E-state index contributed by atoms with van der Waals surface area (Å²) >= 11 is 0. The first kappa shape index (κ1) is 21.1. The van der Waals surface area contributed by atoms with Crippen molar-refractivity contribution >= 4 is 15.9 Å². The smallest absolute Gasteiger partial charge is 0.254 e. The van der Waals surface area contributed by atoms with Crippen LogP contribution in [0.2, 0.25) is 0 Å². The van der Waals surface area contributed by atoms with E-state index in [2.05, 4.69) is 31.2 Å². The Hall–Kier alpha value is -2.18. The summed E-state index contributed by atoms with van der Waals surface area (Å²) in [5.74, 6) is -0.0897. The number of benzene rings is 2. The molecule has 2 aromatic carbocycles. The Morgan fingerprint density at radius 1 is 0.900 bits per heavy atom. The highest BCUT2D eigenvalue weighted by atomic mass is 32.2. The molecule has 0 N–H and O–H groups in total. The Bertz CT molecular complexity index is 1020. The number of hydrogen-bond acceptors (Lipinski definition) is 3. The zero-order valence-electron chi connectivity index (χ0n) is 17.8. The molecule has 1 amide bonds. The number of nitrogens with zero attached hydrogens (tertiary/aromatic N) is 2. The van der Waals surface area contributed by atoms with Gasteiger partial charge in [0.25, 0.3) is 5.91 Å². The van der Waals surface area contributed by atoms with E-state index in [1.54, 1.807) is 29.4 Å². The molecular weight excluding hydrogens is 396 g/mol. The first-order valence-electron chi connectivity index (χ1n) is 10.9. The number of carbonyl (C=O) groups is 1. The van der Waals surface area contributed by atoms with Gasteiger partial charge in [-0.25, -0.2) is 8.42 Å². The maximum Gasteiger partial charge on any atom is 0.254 e. The number of likely N-dealkylation sites (tertiary alicyclic amines) is 1. The number of sulfonamides is 1. The van der Waals surface area contributed by atoms with Crippen LogP contribution in [-0.4, -0.2) is 43.2 Å². The van der Waals surface area contributed by atoms with Gasteiger partial charge in [-0.2, -0.15) is 4.31 Å². The zero-order chi connectivity index (χ0) is 21.3. The van der Waals surface area contributed by atoms with Gasteiger partial charge in [0.15, 0.2) is 0 Å². The molecule has 5 nitrogen and oxygen atoms in total. The minimum absolute atomic E-state index is 0.0431. The topological polar surface area (TPSA) is 57.7 Å². The number of aryl methyl sites for hydroxylation is 2. The summed E-state index contributed by atoms with van der Waals surface area (Å²) in [6.45, 7) is 5.66. The van der Waals surface area contributed by atoms with Crippen LogP contribution in [0.5, 0.6) is 0 Å². The van der Waals surface area contributed by atoms with E-state index in [-0.39, 0.29) is 16.8 Å². The summed E-state index contributed by atoms with van der Waals surface area (Å²) in [5, 5.41) is 0.